The van der Waals surface area contributed by atoms with Crippen LogP contribution in [0.5, 0.6) is 5.75 Å². The van der Waals surface area contributed by atoms with Crippen molar-refractivity contribution in [2.45, 2.75) is 74.9 Å². The quantitative estimate of drug-likeness (QED) is 0.261. The van der Waals surface area contributed by atoms with Gasteiger partial charge in [-0.1, -0.05) is 37.1 Å². The molecule has 3 aliphatic heterocycles. The number of carbonyl (C=O) groups excluding carboxylic acids is 3. The summed E-state index contributed by atoms with van der Waals surface area (Å²) in [5, 5.41) is 22.5. The van der Waals surface area contributed by atoms with Crippen molar-refractivity contribution in [1.29, 1.82) is 0 Å². The summed E-state index contributed by atoms with van der Waals surface area (Å²) < 4.78 is 5.35. The van der Waals surface area contributed by atoms with Gasteiger partial charge in [0, 0.05) is 36.0 Å². The van der Waals surface area contributed by atoms with Gasteiger partial charge in [-0.05, 0) is 60.6 Å². The van der Waals surface area contributed by atoms with Crippen molar-refractivity contribution in [1.82, 2.24) is 20.5 Å². The molecule has 11 heteroatoms. The Morgan fingerprint density at radius 2 is 1.98 bits per heavy atom. The Bertz CT molecular complexity index is 1430. The first-order chi connectivity index (χ1) is 21.4. The van der Waals surface area contributed by atoms with Crippen LogP contribution in [-0.4, -0.2) is 82.4 Å². The molecule has 44 heavy (non-hydrogen) atoms. The average molecular weight is 620 g/mol. The Hall–Kier alpha value is -3.57. The third-order valence-corrected chi connectivity index (χ3v) is 11.0. The van der Waals surface area contributed by atoms with Gasteiger partial charge in [0.2, 0.25) is 5.91 Å². The summed E-state index contributed by atoms with van der Waals surface area (Å²) in [5.74, 6) is 1.33. The van der Waals surface area contributed by atoms with E-state index in [2.05, 4.69) is 10.6 Å². The molecule has 2 aromatic rings. The number of urea groups is 1. The Morgan fingerprint density at radius 3 is 2.75 bits per heavy atom. The van der Waals surface area contributed by atoms with Crippen molar-refractivity contribution < 1.29 is 24.2 Å². The van der Waals surface area contributed by atoms with Crippen molar-refractivity contribution in [2.75, 3.05) is 26.5 Å². The number of aliphatic hydroxyl groups is 1. The summed E-state index contributed by atoms with van der Waals surface area (Å²) in [5.41, 5.74) is 4.79. The predicted octanol–water partition coefficient (Wildman–Crippen LogP) is 3.61. The van der Waals surface area contributed by atoms with Crippen molar-refractivity contribution in [2.24, 2.45) is 11.0 Å². The standard InChI is InChI=1S/C33H41N5O5S/c1-37-26-19-44-27(31(26)35-33(37)42)6-4-3-5-7-28(40)34-17-29(41)38-32(22-10-13-23(43-2)14-11-22)24-15-12-21-9-8-20(18-39)16-25(21)30(24)36-38/h8-11,13-14,16,24,26-27,31-32,39H,3-7,12,15,17-19H2,1-2H3,(H,34,40)(H,35,42)/t24-,26+,27?,31+,32-/m1/s1. The van der Waals surface area contributed by atoms with E-state index in [1.165, 1.54) is 5.56 Å². The Labute approximate surface area is 262 Å². The van der Waals surface area contributed by atoms with E-state index in [1.54, 1.807) is 12.1 Å². The lowest BCUT2D eigenvalue weighted by atomic mass is 9.77. The molecule has 1 aliphatic carbocycles. The number of hydrogen-bond acceptors (Lipinski definition) is 7. The number of hydrogen-bond donors (Lipinski definition) is 3. The smallest absolute Gasteiger partial charge is 0.317 e. The monoisotopic (exact) mass is 619 g/mol. The van der Waals surface area contributed by atoms with Gasteiger partial charge in [-0.3, -0.25) is 9.59 Å². The van der Waals surface area contributed by atoms with E-state index >= 15 is 0 Å². The van der Waals surface area contributed by atoms with Crippen LogP contribution in [0.4, 0.5) is 4.79 Å². The number of unbranched alkanes of at least 4 members (excludes halogenated alkanes) is 2. The van der Waals surface area contributed by atoms with Crippen LogP contribution in [0.15, 0.2) is 47.6 Å². The van der Waals surface area contributed by atoms with Gasteiger partial charge < -0.3 is 25.4 Å². The molecule has 2 aromatic carbocycles. The zero-order chi connectivity index (χ0) is 30.8. The van der Waals surface area contributed by atoms with Crippen LogP contribution in [0.1, 0.15) is 66.8 Å². The number of thioether (sulfide) groups is 1. The molecule has 1 unspecified atom stereocenters. The fourth-order valence-corrected chi connectivity index (χ4v) is 8.69. The van der Waals surface area contributed by atoms with Crippen LogP contribution < -0.4 is 15.4 Å². The highest BCUT2D eigenvalue weighted by Crippen LogP contribution is 2.44. The van der Waals surface area contributed by atoms with Crippen molar-refractivity contribution in [3.8, 4) is 5.75 Å². The van der Waals surface area contributed by atoms with Crippen LogP contribution in [0.3, 0.4) is 0 Å². The molecule has 234 valence electrons. The molecule has 2 saturated heterocycles. The van der Waals surface area contributed by atoms with Crippen LogP contribution in [0.25, 0.3) is 0 Å². The van der Waals surface area contributed by atoms with E-state index in [9.17, 15) is 19.5 Å². The van der Waals surface area contributed by atoms with Crippen LogP contribution in [-0.2, 0) is 22.6 Å². The fraction of sp³-hybridized carbons (Fsp3) is 0.515. The Morgan fingerprint density at radius 1 is 1.16 bits per heavy atom. The highest BCUT2D eigenvalue weighted by Gasteiger charge is 2.46. The molecule has 3 heterocycles. The summed E-state index contributed by atoms with van der Waals surface area (Å²) in [6.07, 6.45) is 5.78. The SMILES string of the molecule is COc1ccc([C@@H]2[C@@H]3CCc4ccc(CO)cc4C3=NN2C(=O)CNC(=O)CCCCCC2SC[C@H]3[C@@H]2NC(=O)N3C)cc1. The van der Waals surface area contributed by atoms with Gasteiger partial charge in [-0.15, -0.1) is 0 Å². The summed E-state index contributed by atoms with van der Waals surface area (Å²) >= 11 is 1.93. The average Bonchev–Trinajstić information content (AvgIpc) is 3.72. The number of amides is 4. The topological polar surface area (TPSA) is 124 Å². The van der Waals surface area contributed by atoms with E-state index in [-0.39, 0.29) is 55.0 Å². The number of aryl methyl sites for hydroxylation is 1. The normalized spacial score (nSPS) is 25.2. The van der Waals surface area contributed by atoms with Gasteiger partial charge in [0.25, 0.3) is 5.91 Å². The third-order valence-electron chi connectivity index (χ3n) is 9.52. The van der Waals surface area contributed by atoms with Crippen LogP contribution >= 0.6 is 11.8 Å². The van der Waals surface area contributed by atoms with Gasteiger partial charge in [-0.2, -0.15) is 16.9 Å². The predicted molar refractivity (Wildman–Crippen MR) is 170 cm³/mol. The van der Waals surface area contributed by atoms with Gasteiger partial charge >= 0.3 is 6.03 Å². The lowest BCUT2D eigenvalue weighted by molar-refractivity contribution is -0.134. The lowest BCUT2D eigenvalue weighted by Gasteiger charge is -2.30. The number of methoxy groups -OCH3 is 1. The maximum absolute atomic E-state index is 13.6. The summed E-state index contributed by atoms with van der Waals surface area (Å²) in [6, 6.07) is 13.9. The first-order valence-electron chi connectivity index (χ1n) is 15.6. The summed E-state index contributed by atoms with van der Waals surface area (Å²) in [7, 11) is 3.49. The maximum Gasteiger partial charge on any atom is 0.317 e. The molecule has 0 saturated carbocycles. The summed E-state index contributed by atoms with van der Waals surface area (Å²) in [6.45, 7) is -0.175. The Kier molecular flexibility index (Phi) is 9.13. The number of carbonyl (C=O) groups is 3. The molecule has 0 radical (unpaired) electrons. The van der Waals surface area contributed by atoms with Gasteiger partial charge in [0.05, 0.1) is 44.1 Å². The number of benzene rings is 2. The van der Waals surface area contributed by atoms with Crippen LogP contribution in [0.2, 0.25) is 0 Å². The minimum absolute atomic E-state index is 0.00996. The molecule has 0 aromatic heterocycles. The first-order valence-corrected chi connectivity index (χ1v) is 16.6. The molecule has 5 atom stereocenters. The van der Waals surface area contributed by atoms with Crippen molar-refractivity contribution >= 4 is 35.3 Å². The van der Waals surface area contributed by atoms with Crippen molar-refractivity contribution in [3.05, 3.63) is 64.7 Å². The molecule has 0 bridgehead atoms. The molecule has 4 aliphatic rings. The molecule has 3 N–H and O–H groups in total. The second-order valence-electron chi connectivity index (χ2n) is 12.1. The molecule has 6 rings (SSSR count). The number of aliphatic hydroxyl groups excluding tert-OH is 1. The van der Waals surface area contributed by atoms with Gasteiger partial charge in [-0.25, -0.2) is 9.80 Å². The molecule has 2 fully saturated rings. The van der Waals surface area contributed by atoms with Gasteiger partial charge in [0.1, 0.15) is 5.75 Å². The zero-order valence-electron chi connectivity index (χ0n) is 25.3. The first kappa shape index (κ1) is 30.5. The summed E-state index contributed by atoms with van der Waals surface area (Å²) in [4.78, 5) is 40.1. The fourth-order valence-electron chi connectivity index (χ4n) is 7.02. The molecule has 0 spiro atoms. The number of hydrazone groups is 1. The highest BCUT2D eigenvalue weighted by atomic mass is 32.2. The number of rotatable bonds is 11. The van der Waals surface area contributed by atoms with Gasteiger partial charge in [0.15, 0.2) is 0 Å². The Balaban J connectivity index is 1.04. The lowest BCUT2D eigenvalue weighted by Crippen LogP contribution is -2.39. The third kappa shape index (κ3) is 6.04. The van der Waals surface area contributed by atoms with E-state index in [0.717, 1.165) is 72.4 Å². The molecular formula is C33H41N5O5S. The highest BCUT2D eigenvalue weighted by molar-refractivity contribution is 8.00. The second kappa shape index (κ2) is 13.2. The molecule has 10 nitrogen and oxygen atoms in total. The largest absolute Gasteiger partial charge is 0.497 e. The second-order valence-corrected chi connectivity index (χ2v) is 13.4. The number of ether oxygens (including phenoxy) is 1. The van der Waals surface area contributed by atoms with E-state index < -0.39 is 0 Å². The minimum atomic E-state index is -0.288. The van der Waals surface area contributed by atoms with E-state index in [4.69, 9.17) is 9.84 Å². The minimum Gasteiger partial charge on any atom is -0.497 e. The number of fused-ring (bicyclic) bond motifs is 4. The van der Waals surface area contributed by atoms with E-state index in [0.29, 0.717) is 11.7 Å². The van der Waals surface area contributed by atoms with Crippen molar-refractivity contribution in [3.63, 3.8) is 0 Å². The van der Waals surface area contributed by atoms with E-state index in [1.807, 2.05) is 66.2 Å². The van der Waals surface area contributed by atoms with Crippen LogP contribution in [0, 0.1) is 5.92 Å². The number of nitrogens with one attached hydrogen (secondary N) is 2. The number of nitrogens with zero attached hydrogens (tertiary/aromatic N) is 3. The molecular weight excluding hydrogens is 578 g/mol. The molecule has 4 amide bonds. The maximum atomic E-state index is 13.6. The zero-order valence-corrected chi connectivity index (χ0v) is 26.1. The number of likely N-dealkylation sites (N-methyl/N-ethyl adjacent to an activating group) is 1.